The molecule has 0 saturated heterocycles. The van der Waals surface area contributed by atoms with Crippen LogP contribution in [0.25, 0.3) is 0 Å². The normalized spacial score (nSPS) is 14.3. The fourth-order valence-corrected chi connectivity index (χ4v) is 1.33. The van der Waals surface area contributed by atoms with Crippen LogP contribution in [0, 0.1) is 0 Å². The van der Waals surface area contributed by atoms with Gasteiger partial charge in [0.25, 0.3) is 0 Å². The lowest BCUT2D eigenvalue weighted by Crippen LogP contribution is -2.35. The van der Waals surface area contributed by atoms with Crippen molar-refractivity contribution in [2.45, 2.75) is 18.9 Å². The van der Waals surface area contributed by atoms with Gasteiger partial charge >= 0.3 is 5.97 Å². The first kappa shape index (κ1) is 11.5. The molecule has 0 aliphatic heterocycles. The quantitative estimate of drug-likeness (QED) is 0.781. The van der Waals surface area contributed by atoms with E-state index >= 15 is 0 Å². The van der Waals surface area contributed by atoms with Crippen LogP contribution in [0.1, 0.15) is 18.4 Å². The fraction of sp³-hybridized carbons (Fsp3) is 0.364. The number of carboxylic acid groups (broad SMARTS) is 1. The highest BCUT2D eigenvalue weighted by atomic mass is 16.5. The number of methoxy groups -OCH3 is 1. The van der Waals surface area contributed by atoms with Crippen LogP contribution < -0.4 is 10.5 Å². The van der Waals surface area contributed by atoms with E-state index in [1.807, 2.05) is 12.1 Å². The molecule has 0 amide bonds. The van der Waals surface area contributed by atoms with Crippen molar-refractivity contribution in [1.82, 2.24) is 0 Å². The summed E-state index contributed by atoms with van der Waals surface area (Å²) >= 11 is 0. The molecule has 1 aromatic carbocycles. The highest BCUT2D eigenvalue weighted by molar-refractivity contribution is 5.74. The van der Waals surface area contributed by atoms with Crippen LogP contribution in [0.15, 0.2) is 24.3 Å². The smallest absolute Gasteiger partial charge is 0.321 e. The van der Waals surface area contributed by atoms with Crippen molar-refractivity contribution in [2.75, 3.05) is 7.11 Å². The zero-order valence-corrected chi connectivity index (χ0v) is 8.81. The Labute approximate surface area is 88.7 Å². The Bertz CT molecular complexity index is 334. The van der Waals surface area contributed by atoms with Gasteiger partial charge in [0.2, 0.25) is 0 Å². The summed E-state index contributed by atoms with van der Waals surface area (Å²) in [4.78, 5) is 10.7. The minimum atomic E-state index is -0.988. The van der Waals surface area contributed by atoms with E-state index in [0.29, 0.717) is 0 Å². The highest BCUT2D eigenvalue weighted by Crippen LogP contribution is 2.21. The Morgan fingerprint density at radius 1 is 1.40 bits per heavy atom. The van der Waals surface area contributed by atoms with Crippen molar-refractivity contribution in [2.24, 2.45) is 5.73 Å². The molecule has 1 rings (SSSR count). The molecular formula is C11H15NO3. The Morgan fingerprint density at radius 3 is 2.33 bits per heavy atom. The summed E-state index contributed by atoms with van der Waals surface area (Å²) in [7, 11) is 1.58. The second-order valence-electron chi connectivity index (χ2n) is 3.43. The van der Waals surface area contributed by atoms with E-state index < -0.39 is 12.0 Å². The monoisotopic (exact) mass is 209 g/mol. The van der Waals surface area contributed by atoms with Gasteiger partial charge in [-0.05, 0) is 17.7 Å². The molecule has 0 spiro atoms. The summed E-state index contributed by atoms with van der Waals surface area (Å²) < 4.78 is 5.01. The first-order chi connectivity index (χ1) is 7.06. The topological polar surface area (TPSA) is 72.5 Å². The van der Waals surface area contributed by atoms with E-state index in [2.05, 4.69) is 0 Å². The van der Waals surface area contributed by atoms with Gasteiger partial charge < -0.3 is 15.6 Å². The summed E-state index contributed by atoms with van der Waals surface area (Å²) in [5.41, 5.74) is 6.43. The molecule has 0 bridgehead atoms. The van der Waals surface area contributed by atoms with E-state index in [4.69, 9.17) is 15.6 Å². The van der Waals surface area contributed by atoms with Gasteiger partial charge in [-0.15, -0.1) is 0 Å². The van der Waals surface area contributed by atoms with Crippen molar-refractivity contribution >= 4 is 5.97 Å². The van der Waals surface area contributed by atoms with Crippen LogP contribution >= 0.6 is 0 Å². The Kier molecular flexibility index (Phi) is 3.68. The summed E-state index contributed by atoms with van der Waals surface area (Å²) in [5, 5.41) is 8.76. The van der Waals surface area contributed by atoms with Crippen molar-refractivity contribution in [1.29, 1.82) is 0 Å². The maximum atomic E-state index is 10.7. The number of hydrogen-bond donors (Lipinski definition) is 2. The van der Waals surface area contributed by atoms with Gasteiger partial charge in [0.1, 0.15) is 11.8 Å². The van der Waals surface area contributed by atoms with Crippen LogP contribution in [0.5, 0.6) is 5.75 Å². The van der Waals surface area contributed by atoms with Crippen molar-refractivity contribution in [3.8, 4) is 5.75 Å². The van der Waals surface area contributed by atoms with Gasteiger partial charge in [-0.1, -0.05) is 19.1 Å². The van der Waals surface area contributed by atoms with Gasteiger partial charge in [0.15, 0.2) is 0 Å². The molecule has 82 valence electrons. The average molecular weight is 209 g/mol. The standard InChI is InChI=1S/C11H15NO3/c1-7(10(12)11(13)14)8-3-5-9(15-2)6-4-8/h3-7,10H,12H2,1-2H3,(H,13,14)/t7-,10+/m1/s1. The number of rotatable bonds is 4. The molecule has 0 radical (unpaired) electrons. The lowest BCUT2D eigenvalue weighted by atomic mass is 9.94. The van der Waals surface area contributed by atoms with Crippen molar-refractivity contribution in [3.63, 3.8) is 0 Å². The largest absolute Gasteiger partial charge is 0.497 e. The van der Waals surface area contributed by atoms with Gasteiger partial charge in [0, 0.05) is 5.92 Å². The second kappa shape index (κ2) is 4.79. The number of ether oxygens (including phenoxy) is 1. The van der Waals surface area contributed by atoms with E-state index in [1.54, 1.807) is 26.2 Å². The molecular weight excluding hydrogens is 194 g/mol. The molecule has 1 aromatic rings. The maximum Gasteiger partial charge on any atom is 0.321 e. The summed E-state index contributed by atoms with van der Waals surface area (Å²) in [6, 6.07) is 6.36. The molecule has 0 aromatic heterocycles. The minimum Gasteiger partial charge on any atom is -0.497 e. The number of aliphatic carboxylic acids is 1. The molecule has 0 fully saturated rings. The minimum absolute atomic E-state index is 0.214. The predicted octanol–water partition coefficient (Wildman–Crippen LogP) is 1.21. The number of benzene rings is 1. The van der Waals surface area contributed by atoms with E-state index in [9.17, 15) is 4.79 Å². The van der Waals surface area contributed by atoms with Gasteiger partial charge in [-0.3, -0.25) is 4.79 Å². The zero-order valence-electron chi connectivity index (χ0n) is 8.81. The molecule has 15 heavy (non-hydrogen) atoms. The van der Waals surface area contributed by atoms with Gasteiger partial charge in [0.05, 0.1) is 7.11 Å². The molecule has 0 unspecified atom stereocenters. The Balaban J connectivity index is 2.82. The molecule has 0 saturated carbocycles. The molecule has 3 N–H and O–H groups in total. The van der Waals surface area contributed by atoms with Crippen molar-refractivity contribution < 1.29 is 14.6 Å². The second-order valence-corrected chi connectivity index (χ2v) is 3.43. The van der Waals surface area contributed by atoms with Crippen LogP contribution in [-0.2, 0) is 4.79 Å². The molecule has 0 aliphatic carbocycles. The maximum absolute atomic E-state index is 10.7. The molecule has 4 heteroatoms. The van der Waals surface area contributed by atoms with Gasteiger partial charge in [-0.2, -0.15) is 0 Å². The average Bonchev–Trinajstić information content (AvgIpc) is 2.27. The SMILES string of the molecule is COc1ccc([C@@H](C)[C@H](N)C(=O)O)cc1. The molecule has 0 heterocycles. The zero-order chi connectivity index (χ0) is 11.4. The number of carboxylic acids is 1. The number of carbonyl (C=O) groups is 1. The summed E-state index contributed by atoms with van der Waals surface area (Å²) in [6.45, 7) is 1.79. The lowest BCUT2D eigenvalue weighted by molar-refractivity contribution is -0.139. The Hall–Kier alpha value is -1.55. The summed E-state index contributed by atoms with van der Waals surface area (Å²) in [6.07, 6.45) is 0. The van der Waals surface area contributed by atoms with E-state index in [0.717, 1.165) is 11.3 Å². The number of nitrogens with two attached hydrogens (primary N) is 1. The third kappa shape index (κ3) is 2.70. The van der Waals surface area contributed by atoms with E-state index in [1.165, 1.54) is 0 Å². The lowest BCUT2D eigenvalue weighted by Gasteiger charge is -2.16. The third-order valence-corrected chi connectivity index (χ3v) is 2.47. The Morgan fingerprint density at radius 2 is 1.93 bits per heavy atom. The van der Waals surface area contributed by atoms with E-state index in [-0.39, 0.29) is 5.92 Å². The van der Waals surface area contributed by atoms with Crippen LogP contribution in [0.2, 0.25) is 0 Å². The van der Waals surface area contributed by atoms with Crippen molar-refractivity contribution in [3.05, 3.63) is 29.8 Å². The molecule has 2 atom stereocenters. The first-order valence-electron chi connectivity index (χ1n) is 4.68. The van der Waals surface area contributed by atoms with Crippen LogP contribution in [0.4, 0.5) is 0 Å². The third-order valence-electron chi connectivity index (χ3n) is 2.47. The first-order valence-corrected chi connectivity index (χ1v) is 4.68. The number of hydrogen-bond acceptors (Lipinski definition) is 3. The molecule has 4 nitrogen and oxygen atoms in total. The highest BCUT2D eigenvalue weighted by Gasteiger charge is 2.21. The fourth-order valence-electron chi connectivity index (χ4n) is 1.33. The molecule has 0 aliphatic rings. The van der Waals surface area contributed by atoms with Crippen LogP contribution in [0.3, 0.4) is 0 Å². The predicted molar refractivity (Wildman–Crippen MR) is 57.0 cm³/mol. The summed E-state index contributed by atoms with van der Waals surface area (Å²) in [5.74, 6) is -0.457. The van der Waals surface area contributed by atoms with Gasteiger partial charge in [-0.25, -0.2) is 0 Å². The van der Waals surface area contributed by atoms with Crippen LogP contribution in [-0.4, -0.2) is 24.2 Å².